The first-order chi connectivity index (χ1) is 25.4. The zero-order valence-electron chi connectivity index (χ0n) is 27.4. The van der Waals surface area contributed by atoms with Crippen LogP contribution in [0.5, 0.6) is 46.0 Å². The van der Waals surface area contributed by atoms with Gasteiger partial charge in [0.1, 0.15) is 28.7 Å². The Kier molecular flexibility index (Phi) is 10.9. The summed E-state index contributed by atoms with van der Waals surface area (Å²) in [6, 6.07) is 43.0. The number of para-hydroxylation sites is 2. The van der Waals surface area contributed by atoms with E-state index in [1.165, 1.54) is 0 Å². The van der Waals surface area contributed by atoms with E-state index < -0.39 is 16.9 Å². The number of anilines is 4. The van der Waals surface area contributed by atoms with Crippen molar-refractivity contribution in [1.82, 2.24) is 14.1 Å². The van der Waals surface area contributed by atoms with Gasteiger partial charge in [-0.15, -0.1) is 0 Å². The summed E-state index contributed by atoms with van der Waals surface area (Å²) in [7, 11) is -3.84. The van der Waals surface area contributed by atoms with Crippen LogP contribution in [0.25, 0.3) is 0 Å². The Balaban J connectivity index is 1.26. The molecule has 6 aromatic rings. The van der Waals surface area contributed by atoms with Crippen LogP contribution < -0.4 is 56.0 Å². The van der Waals surface area contributed by atoms with Crippen LogP contribution in [-0.4, -0.2) is 9.21 Å². The van der Waals surface area contributed by atoms with Gasteiger partial charge in [0.2, 0.25) is 5.75 Å². The lowest BCUT2D eigenvalue weighted by Gasteiger charge is -2.41. The molecule has 7 rings (SSSR count). The first-order valence-corrected chi connectivity index (χ1v) is 19.1. The maximum atomic E-state index is 6.80. The topological polar surface area (TPSA) is 178 Å². The number of hydrogen-bond acceptors (Lipinski definition) is 13. The zero-order chi connectivity index (χ0) is 35.9. The predicted molar refractivity (Wildman–Crippen MR) is 208 cm³/mol. The van der Waals surface area contributed by atoms with Gasteiger partial charge in [0.15, 0.2) is 11.5 Å². The number of nitrogens with two attached hydrogens (primary N) is 4. The molecular formula is C36H34N7O6P3. The Bertz CT molecular complexity index is 2070. The van der Waals surface area contributed by atoms with Crippen molar-refractivity contribution in [2.24, 2.45) is 0 Å². The molecule has 0 amide bonds. The fraction of sp³-hybridized carbons (Fsp3) is 0. The quantitative estimate of drug-likeness (QED) is 0.0591. The summed E-state index contributed by atoms with van der Waals surface area (Å²) in [5, 5.41) is 0. The summed E-state index contributed by atoms with van der Waals surface area (Å²) >= 11 is 0. The second-order valence-electron chi connectivity index (χ2n) is 11.0. The Morgan fingerprint density at radius 2 is 0.962 bits per heavy atom. The molecule has 1 heterocycles. The lowest BCUT2D eigenvalue weighted by atomic mass is 10.2. The van der Waals surface area contributed by atoms with Gasteiger partial charge in [0.05, 0.1) is 8.88 Å². The lowest BCUT2D eigenvalue weighted by molar-refractivity contribution is 0.0675. The van der Waals surface area contributed by atoms with E-state index in [4.69, 9.17) is 51.1 Å². The highest BCUT2D eigenvalue weighted by Crippen LogP contribution is 2.66. The van der Waals surface area contributed by atoms with Crippen LogP contribution in [0, 0.1) is 0 Å². The normalized spacial score (nSPS) is 16.5. The molecule has 3 unspecified atom stereocenters. The van der Waals surface area contributed by atoms with Gasteiger partial charge in [-0.05, 0) is 126 Å². The molecule has 16 heteroatoms. The molecule has 1 aliphatic rings. The Morgan fingerprint density at radius 1 is 0.462 bits per heavy atom. The number of ether oxygens (including phenoxy) is 2. The van der Waals surface area contributed by atoms with Crippen molar-refractivity contribution in [2.75, 3.05) is 22.9 Å². The molecule has 0 aromatic heterocycles. The van der Waals surface area contributed by atoms with E-state index in [-0.39, 0.29) is 8.88 Å². The highest BCUT2D eigenvalue weighted by atomic mass is 31.3. The summed E-state index contributed by atoms with van der Waals surface area (Å²) in [6.45, 7) is 0. The largest absolute Gasteiger partial charge is 0.453 e. The van der Waals surface area contributed by atoms with Crippen LogP contribution in [0.15, 0.2) is 146 Å². The monoisotopic (exact) mass is 753 g/mol. The van der Waals surface area contributed by atoms with E-state index in [2.05, 4.69) is 4.86 Å². The van der Waals surface area contributed by atoms with Crippen molar-refractivity contribution in [2.45, 2.75) is 0 Å². The van der Waals surface area contributed by atoms with Gasteiger partial charge in [0, 0.05) is 27.4 Å². The van der Waals surface area contributed by atoms with Gasteiger partial charge < -0.3 is 51.1 Å². The van der Waals surface area contributed by atoms with E-state index in [1.807, 2.05) is 36.4 Å². The molecule has 1 aliphatic heterocycles. The van der Waals surface area contributed by atoms with Crippen LogP contribution in [0.1, 0.15) is 0 Å². The smallest absolute Gasteiger partial charge is 0.332 e. The van der Waals surface area contributed by atoms with E-state index in [1.54, 1.807) is 118 Å². The van der Waals surface area contributed by atoms with Gasteiger partial charge in [-0.1, -0.05) is 24.3 Å². The summed E-state index contributed by atoms with van der Waals surface area (Å²) in [5.41, 5.74) is 26.2. The van der Waals surface area contributed by atoms with Crippen molar-refractivity contribution in [3.05, 3.63) is 146 Å². The molecule has 0 bridgehead atoms. The molecule has 6 aromatic carbocycles. The molecule has 0 saturated carbocycles. The molecule has 13 nitrogen and oxygen atoms in total. The molecule has 52 heavy (non-hydrogen) atoms. The predicted octanol–water partition coefficient (Wildman–Crippen LogP) is 9.22. The zero-order valence-corrected chi connectivity index (χ0v) is 30.2. The van der Waals surface area contributed by atoms with Crippen LogP contribution in [0.4, 0.5) is 22.7 Å². The molecular weight excluding hydrogens is 719 g/mol. The van der Waals surface area contributed by atoms with Crippen molar-refractivity contribution in [3.63, 3.8) is 0 Å². The molecule has 0 radical (unpaired) electrons. The molecule has 1 fully saturated rings. The standard InChI is InChI=1S/C36H34N7O6P3/c37-25-9-17-29(18-10-25)44-34-7-4-8-35(36(34)45-30-19-11-26(38)12-20-30)49-51-41-50-42(46-32-21-13-27(39)14-22-32)52(48-33-23-15-28(40)16-24-33)43(51)47-31-5-2-1-3-6-31/h1-24,41,50H,37-40H2. The Labute approximate surface area is 304 Å². The van der Waals surface area contributed by atoms with Gasteiger partial charge in [-0.3, -0.25) is 0 Å². The second-order valence-corrected chi connectivity index (χ2v) is 15.7. The lowest BCUT2D eigenvalue weighted by Crippen LogP contribution is -2.37. The van der Waals surface area contributed by atoms with Crippen LogP contribution in [0.3, 0.4) is 0 Å². The van der Waals surface area contributed by atoms with E-state index in [0.717, 1.165) is 0 Å². The van der Waals surface area contributed by atoms with Crippen LogP contribution >= 0.6 is 25.8 Å². The van der Waals surface area contributed by atoms with E-state index in [9.17, 15) is 0 Å². The number of rotatable bonds is 12. The maximum absolute atomic E-state index is 6.80. The number of nitrogens with one attached hydrogen (secondary N) is 1. The second kappa shape index (κ2) is 16.2. The molecule has 0 aliphatic carbocycles. The Morgan fingerprint density at radius 3 is 1.56 bits per heavy atom. The molecule has 264 valence electrons. The van der Waals surface area contributed by atoms with E-state index in [0.29, 0.717) is 68.7 Å². The highest BCUT2D eigenvalue weighted by Gasteiger charge is 2.46. The first kappa shape index (κ1) is 34.9. The number of nitrogens with zero attached hydrogens (tertiary/aromatic N) is 2. The van der Waals surface area contributed by atoms with Crippen molar-refractivity contribution in [3.8, 4) is 46.0 Å². The van der Waals surface area contributed by atoms with Gasteiger partial charge in [0.25, 0.3) is 8.45 Å². The summed E-state index contributed by atoms with van der Waals surface area (Å²) in [4.78, 5) is 16.4. The minimum atomic E-state index is -1.88. The maximum Gasteiger partial charge on any atom is 0.332 e. The summed E-state index contributed by atoms with van der Waals surface area (Å²) in [6.07, 6.45) is 0. The van der Waals surface area contributed by atoms with Gasteiger partial charge >= 0.3 is 8.45 Å². The molecule has 3 atom stereocenters. The fourth-order valence-corrected chi connectivity index (χ4v) is 10.1. The van der Waals surface area contributed by atoms with Crippen molar-refractivity contribution < 1.29 is 28.2 Å². The van der Waals surface area contributed by atoms with Crippen LogP contribution in [-0.2, 0) is 0 Å². The summed E-state index contributed by atoms with van der Waals surface area (Å²) in [5.74, 6) is 3.81. The summed E-state index contributed by atoms with van der Waals surface area (Å²) < 4.78 is 29.5. The third-order valence-corrected chi connectivity index (χ3v) is 12.2. The molecule has 0 spiro atoms. The minimum Gasteiger partial charge on any atom is -0.453 e. The minimum absolute atomic E-state index is 0.140. The third-order valence-electron chi connectivity index (χ3n) is 7.10. The Hall–Kier alpha value is -5.51. The molecule has 9 N–H and O–H groups in total. The first-order valence-electron chi connectivity index (χ1n) is 15.8. The number of nitrogen functional groups attached to an aromatic ring is 4. The molecule has 1 saturated heterocycles. The van der Waals surface area contributed by atoms with E-state index >= 15 is 0 Å². The fourth-order valence-electron chi connectivity index (χ4n) is 4.55. The SMILES string of the molecule is Nc1ccc(Oc2cccc(OP3NPN(Oc4ccc(N)cc4)P(Oc4ccc(N)cc4)N3Oc3ccccc3)c2Oc2ccc(N)cc2)cc1. The van der Waals surface area contributed by atoms with Gasteiger partial charge in [-0.25, -0.2) is 4.86 Å². The number of benzene rings is 6. The third kappa shape index (κ3) is 8.85. The average molecular weight is 754 g/mol. The van der Waals surface area contributed by atoms with Crippen LogP contribution in [0.2, 0.25) is 0 Å². The average Bonchev–Trinajstić information content (AvgIpc) is 3.15. The van der Waals surface area contributed by atoms with Crippen molar-refractivity contribution >= 4 is 48.5 Å². The van der Waals surface area contributed by atoms with Crippen molar-refractivity contribution in [1.29, 1.82) is 0 Å². The van der Waals surface area contributed by atoms with Gasteiger partial charge in [-0.2, -0.15) is 0 Å². The number of hydrogen-bond donors (Lipinski definition) is 5. The highest BCUT2D eigenvalue weighted by molar-refractivity contribution is 7.74.